The molecule has 1 unspecified atom stereocenters. The van der Waals surface area contributed by atoms with Crippen molar-refractivity contribution >= 4 is 17.6 Å². The third-order valence-electron chi connectivity index (χ3n) is 4.78. The van der Waals surface area contributed by atoms with Crippen molar-refractivity contribution in [2.24, 2.45) is 5.92 Å². The Hall–Kier alpha value is -2.81. The lowest BCUT2D eigenvalue weighted by molar-refractivity contribution is -0.149. The van der Waals surface area contributed by atoms with Crippen LogP contribution in [0, 0.1) is 17.2 Å². The Balaban J connectivity index is 1.98. The fourth-order valence-electron chi connectivity index (χ4n) is 3.23. The zero-order chi connectivity index (χ0) is 20.4. The van der Waals surface area contributed by atoms with E-state index >= 15 is 0 Å². The van der Waals surface area contributed by atoms with E-state index in [1.54, 1.807) is 13.1 Å². The number of carbonyl (C=O) groups excluding carboxylic acids is 2. The molecule has 0 spiro atoms. The zero-order valence-electron chi connectivity index (χ0n) is 16.7. The van der Waals surface area contributed by atoms with Gasteiger partial charge in [-0.3, -0.25) is 9.59 Å². The van der Waals surface area contributed by atoms with Crippen LogP contribution >= 0.6 is 0 Å². The van der Waals surface area contributed by atoms with Crippen molar-refractivity contribution in [1.82, 2.24) is 4.90 Å². The molecule has 1 atom stereocenters. The number of nitriles is 1. The van der Waals surface area contributed by atoms with Gasteiger partial charge >= 0.3 is 5.97 Å². The van der Waals surface area contributed by atoms with Gasteiger partial charge in [0, 0.05) is 25.0 Å². The molecule has 1 saturated heterocycles. The first-order chi connectivity index (χ1) is 13.6. The summed E-state index contributed by atoms with van der Waals surface area (Å²) in [5.41, 5.74) is 1.92. The number of hydrogen-bond donors (Lipinski definition) is 1. The van der Waals surface area contributed by atoms with Crippen LogP contribution in [-0.2, 0) is 20.7 Å². The second-order valence-corrected chi connectivity index (χ2v) is 7.00. The molecule has 1 N–H and O–H groups in total. The molecule has 6 heteroatoms. The fourth-order valence-corrected chi connectivity index (χ4v) is 3.23. The summed E-state index contributed by atoms with van der Waals surface area (Å²) in [6.07, 6.45) is 6.43. The summed E-state index contributed by atoms with van der Waals surface area (Å²) < 4.78 is 5.09. The van der Waals surface area contributed by atoms with Crippen LogP contribution in [0.5, 0.6) is 0 Å². The van der Waals surface area contributed by atoms with Gasteiger partial charge in [-0.2, -0.15) is 5.26 Å². The van der Waals surface area contributed by atoms with Crippen LogP contribution in [-0.4, -0.2) is 36.5 Å². The highest BCUT2D eigenvalue weighted by molar-refractivity contribution is 6.06. The quantitative estimate of drug-likeness (QED) is 0.421. The zero-order valence-corrected chi connectivity index (χ0v) is 16.7. The van der Waals surface area contributed by atoms with E-state index in [4.69, 9.17) is 4.74 Å². The first-order valence-corrected chi connectivity index (χ1v) is 10.00. The number of hydrogen-bond acceptors (Lipinski definition) is 5. The molecule has 6 nitrogen and oxygen atoms in total. The van der Waals surface area contributed by atoms with Gasteiger partial charge in [0.2, 0.25) is 0 Å². The summed E-state index contributed by atoms with van der Waals surface area (Å²) in [6.45, 7) is 5.46. The highest BCUT2D eigenvalue weighted by Gasteiger charge is 2.26. The number of piperidine rings is 1. The van der Waals surface area contributed by atoms with Crippen LogP contribution in [0.15, 0.2) is 36.0 Å². The minimum Gasteiger partial charge on any atom is -0.466 e. The average molecular weight is 383 g/mol. The highest BCUT2D eigenvalue weighted by atomic mass is 16.5. The number of benzene rings is 1. The van der Waals surface area contributed by atoms with Gasteiger partial charge in [-0.05, 0) is 50.3 Å². The van der Waals surface area contributed by atoms with Crippen LogP contribution in [0.1, 0.15) is 45.1 Å². The number of esters is 1. The van der Waals surface area contributed by atoms with Gasteiger partial charge in [0.1, 0.15) is 11.6 Å². The number of carbonyl (C=O) groups is 2. The van der Waals surface area contributed by atoms with Gasteiger partial charge in [0.25, 0.3) is 5.91 Å². The van der Waals surface area contributed by atoms with Crippen molar-refractivity contribution in [3.63, 3.8) is 0 Å². The molecule has 0 radical (unpaired) electrons. The number of nitrogens with one attached hydrogen (secondary N) is 1. The molecule has 2 rings (SSSR count). The number of aryl methyl sites for hydroxylation is 1. The number of amides is 1. The maximum atomic E-state index is 12.5. The molecule has 0 aliphatic carbocycles. The van der Waals surface area contributed by atoms with Gasteiger partial charge in [0.05, 0.1) is 12.5 Å². The average Bonchev–Trinajstić information content (AvgIpc) is 2.71. The van der Waals surface area contributed by atoms with Crippen molar-refractivity contribution < 1.29 is 14.3 Å². The van der Waals surface area contributed by atoms with E-state index in [1.165, 1.54) is 5.56 Å². The molecular weight excluding hydrogens is 354 g/mol. The summed E-state index contributed by atoms with van der Waals surface area (Å²) in [7, 11) is 0. The monoisotopic (exact) mass is 383 g/mol. The van der Waals surface area contributed by atoms with Crippen molar-refractivity contribution in [2.75, 3.05) is 25.0 Å². The van der Waals surface area contributed by atoms with E-state index in [9.17, 15) is 14.9 Å². The number of nitrogens with zero attached hydrogens (tertiary/aromatic N) is 2. The fraction of sp³-hybridized carbons (Fsp3) is 0.500. The van der Waals surface area contributed by atoms with Crippen LogP contribution < -0.4 is 5.32 Å². The molecule has 1 aromatic carbocycles. The molecule has 1 amide bonds. The van der Waals surface area contributed by atoms with Gasteiger partial charge < -0.3 is 15.0 Å². The van der Waals surface area contributed by atoms with Crippen molar-refractivity contribution in [3.8, 4) is 6.07 Å². The molecule has 1 heterocycles. The molecule has 1 aromatic rings. The standard InChI is InChI=1S/C22H29N3O3/c1-3-5-7-17-9-11-20(12-10-17)24-21(26)19(14-23)16-25-13-6-8-18(15-25)22(27)28-4-2/h9-12,16,18H,3-8,13,15H2,1-2H3,(H,24,26)/b19-16-. The first-order valence-electron chi connectivity index (χ1n) is 10.00. The third-order valence-corrected chi connectivity index (χ3v) is 4.78. The van der Waals surface area contributed by atoms with E-state index in [1.807, 2.05) is 35.2 Å². The topological polar surface area (TPSA) is 82.4 Å². The predicted molar refractivity (Wildman–Crippen MR) is 108 cm³/mol. The van der Waals surface area contributed by atoms with Gasteiger partial charge in [-0.15, -0.1) is 0 Å². The SMILES string of the molecule is CCCCc1ccc(NC(=O)/C(C#N)=C\N2CCCC(C(=O)OCC)C2)cc1. The summed E-state index contributed by atoms with van der Waals surface area (Å²) in [5, 5.41) is 12.2. The molecule has 0 aromatic heterocycles. The number of anilines is 1. The molecule has 1 aliphatic heterocycles. The van der Waals surface area contributed by atoms with Crippen molar-refractivity contribution in [2.45, 2.75) is 46.0 Å². The normalized spacial score (nSPS) is 17.0. The molecule has 150 valence electrons. The predicted octanol–water partition coefficient (Wildman–Crippen LogP) is 3.65. The smallest absolute Gasteiger partial charge is 0.310 e. The number of rotatable bonds is 8. The lowest BCUT2D eigenvalue weighted by atomic mass is 9.98. The molecule has 0 bridgehead atoms. The van der Waals surface area contributed by atoms with E-state index in [0.29, 0.717) is 25.4 Å². The Morgan fingerprint density at radius 3 is 2.71 bits per heavy atom. The first kappa shape index (κ1) is 21.5. The Bertz CT molecular complexity index is 734. The van der Waals surface area contributed by atoms with Crippen LogP contribution in [0.3, 0.4) is 0 Å². The molecule has 0 saturated carbocycles. The van der Waals surface area contributed by atoms with Gasteiger partial charge in [0.15, 0.2) is 0 Å². The van der Waals surface area contributed by atoms with E-state index in [2.05, 4.69) is 12.2 Å². The molecule has 28 heavy (non-hydrogen) atoms. The minimum atomic E-state index is -0.443. The van der Waals surface area contributed by atoms with Crippen LogP contribution in [0.2, 0.25) is 0 Å². The largest absolute Gasteiger partial charge is 0.466 e. The van der Waals surface area contributed by atoms with Gasteiger partial charge in [-0.1, -0.05) is 25.5 Å². The lowest BCUT2D eigenvalue weighted by Crippen LogP contribution is -2.37. The van der Waals surface area contributed by atoms with Crippen molar-refractivity contribution in [3.05, 3.63) is 41.6 Å². The summed E-state index contributed by atoms with van der Waals surface area (Å²) in [6, 6.07) is 9.67. The van der Waals surface area contributed by atoms with Gasteiger partial charge in [-0.25, -0.2) is 0 Å². The second kappa shape index (κ2) is 11.1. The number of ether oxygens (including phenoxy) is 1. The maximum absolute atomic E-state index is 12.5. The second-order valence-electron chi connectivity index (χ2n) is 7.00. The van der Waals surface area contributed by atoms with E-state index in [-0.39, 0.29) is 17.5 Å². The summed E-state index contributed by atoms with van der Waals surface area (Å²) in [5.74, 6) is -0.877. The third kappa shape index (κ3) is 6.41. The van der Waals surface area contributed by atoms with Crippen molar-refractivity contribution in [1.29, 1.82) is 5.26 Å². The lowest BCUT2D eigenvalue weighted by Gasteiger charge is -2.30. The van der Waals surface area contributed by atoms with Crippen LogP contribution in [0.4, 0.5) is 5.69 Å². The summed E-state index contributed by atoms with van der Waals surface area (Å²) in [4.78, 5) is 26.3. The number of likely N-dealkylation sites (tertiary alicyclic amines) is 1. The molecule has 1 aliphatic rings. The Morgan fingerprint density at radius 2 is 2.07 bits per heavy atom. The molecular formula is C22H29N3O3. The van der Waals surface area contributed by atoms with E-state index < -0.39 is 5.91 Å². The number of unbranched alkanes of at least 4 members (excludes halogenated alkanes) is 1. The minimum absolute atomic E-state index is 0.0274. The maximum Gasteiger partial charge on any atom is 0.310 e. The summed E-state index contributed by atoms with van der Waals surface area (Å²) >= 11 is 0. The van der Waals surface area contributed by atoms with Crippen LogP contribution in [0.25, 0.3) is 0 Å². The Kier molecular flexibility index (Phi) is 8.54. The van der Waals surface area contributed by atoms with E-state index in [0.717, 1.165) is 32.1 Å². The Morgan fingerprint density at radius 1 is 1.32 bits per heavy atom. The highest BCUT2D eigenvalue weighted by Crippen LogP contribution is 2.19. The Labute approximate surface area is 167 Å². The molecule has 1 fully saturated rings.